The van der Waals surface area contributed by atoms with E-state index in [0.29, 0.717) is 5.15 Å². The van der Waals surface area contributed by atoms with Crippen LogP contribution in [0.25, 0.3) is 5.65 Å². The molecule has 14 heteroatoms. The molecule has 1 atom stereocenters. The summed E-state index contributed by atoms with van der Waals surface area (Å²) < 4.78 is 45.1. The quantitative estimate of drug-likeness (QED) is 0.595. The van der Waals surface area contributed by atoms with Crippen LogP contribution in [0.4, 0.5) is 29.5 Å². The van der Waals surface area contributed by atoms with Crippen LogP contribution in [0.15, 0.2) is 18.3 Å². The van der Waals surface area contributed by atoms with E-state index in [1.54, 1.807) is 4.68 Å². The van der Waals surface area contributed by atoms with Crippen LogP contribution in [0.5, 0.6) is 0 Å². The van der Waals surface area contributed by atoms with Crippen LogP contribution in [-0.2, 0) is 5.41 Å². The second-order valence-electron chi connectivity index (χ2n) is 8.25. The zero-order valence-corrected chi connectivity index (χ0v) is 18.4. The maximum absolute atomic E-state index is 14.2. The lowest BCUT2D eigenvalue weighted by Crippen LogP contribution is -2.46. The number of rotatable bonds is 2. The molecule has 1 saturated heterocycles. The second-order valence-corrected chi connectivity index (χ2v) is 9.02. The van der Waals surface area contributed by atoms with Crippen LogP contribution in [0.1, 0.15) is 18.7 Å². The average Bonchev–Trinajstić information content (AvgIpc) is 3.31. The van der Waals surface area contributed by atoms with Crippen molar-refractivity contribution in [2.75, 3.05) is 36.9 Å². The van der Waals surface area contributed by atoms with Crippen LogP contribution in [0, 0.1) is 0 Å². The van der Waals surface area contributed by atoms with Gasteiger partial charge in [0.05, 0.1) is 23.6 Å². The number of alkyl halides is 3. The monoisotopic (exact) mass is 488 g/mol. The van der Waals surface area contributed by atoms with E-state index in [4.69, 9.17) is 23.2 Å². The van der Waals surface area contributed by atoms with Gasteiger partial charge in [0.25, 0.3) is 0 Å². The zero-order valence-electron chi connectivity index (χ0n) is 16.9. The first-order valence-corrected chi connectivity index (χ1v) is 10.4. The lowest BCUT2D eigenvalue weighted by atomic mass is 9.88. The molecule has 3 aromatic rings. The summed E-state index contributed by atoms with van der Waals surface area (Å²) in [5.74, 6) is 0.146. The molecule has 9 nitrogen and oxygen atoms in total. The summed E-state index contributed by atoms with van der Waals surface area (Å²) in [5, 5.41) is 11.1. The number of carbonyl (C=O) groups excluding carboxylic acids is 1. The van der Waals surface area contributed by atoms with E-state index in [9.17, 15) is 18.0 Å². The van der Waals surface area contributed by atoms with Gasteiger partial charge in [0.2, 0.25) is 0 Å². The third kappa shape index (κ3) is 3.11. The number of hydrogen-bond acceptors (Lipinski definition) is 5. The molecule has 0 radical (unpaired) electrons. The first kappa shape index (κ1) is 21.3. The molecular formula is C18H17Cl2F3N8O. The van der Waals surface area contributed by atoms with Gasteiger partial charge in [0.15, 0.2) is 16.6 Å². The Kier molecular flexibility index (Phi) is 4.63. The topological polar surface area (TPSA) is 83.6 Å². The summed E-state index contributed by atoms with van der Waals surface area (Å²) in [6, 6.07) is 2.10. The highest BCUT2D eigenvalue weighted by atomic mass is 35.5. The van der Waals surface area contributed by atoms with Gasteiger partial charge in [-0.1, -0.05) is 23.2 Å². The fourth-order valence-electron chi connectivity index (χ4n) is 4.18. The molecule has 2 aliphatic heterocycles. The summed E-state index contributed by atoms with van der Waals surface area (Å²) in [4.78, 5) is 20.2. The van der Waals surface area contributed by atoms with E-state index < -0.39 is 24.2 Å². The number of likely N-dealkylation sites (tertiary alicyclic amines) is 1. The maximum atomic E-state index is 14.2. The fraction of sp³-hybridized carbons (Fsp3) is 0.444. The average molecular weight is 489 g/mol. The molecular weight excluding hydrogens is 472 g/mol. The van der Waals surface area contributed by atoms with Crippen molar-refractivity contribution >= 4 is 46.4 Å². The summed E-state index contributed by atoms with van der Waals surface area (Å²) in [6.45, 7) is 1.88. The van der Waals surface area contributed by atoms with Gasteiger partial charge in [-0.15, -0.1) is 0 Å². The molecule has 0 bridgehead atoms. The molecule has 170 valence electrons. The number of nitrogens with one attached hydrogen (secondary N) is 1. The van der Waals surface area contributed by atoms with Crippen molar-refractivity contribution in [3.8, 4) is 0 Å². The number of carbonyl (C=O) groups is 1. The van der Waals surface area contributed by atoms with Crippen molar-refractivity contribution in [2.24, 2.45) is 0 Å². The Morgan fingerprint density at radius 1 is 1.25 bits per heavy atom. The number of aromatic nitrogens is 5. The predicted molar refractivity (Wildman–Crippen MR) is 112 cm³/mol. The molecule has 2 aliphatic rings. The Bertz CT molecular complexity index is 1240. The molecule has 0 aliphatic carbocycles. The second kappa shape index (κ2) is 6.96. The number of urea groups is 1. The third-order valence-corrected chi connectivity index (χ3v) is 6.38. The van der Waals surface area contributed by atoms with Gasteiger partial charge in [-0.25, -0.2) is 19.0 Å². The van der Waals surface area contributed by atoms with Crippen LogP contribution < -0.4 is 10.2 Å². The Hall–Kier alpha value is -2.57. The van der Waals surface area contributed by atoms with Gasteiger partial charge >= 0.3 is 12.2 Å². The molecule has 5 heterocycles. The normalized spacial score (nSPS) is 21.8. The number of hydrogen-bond donors (Lipinski definition) is 1. The van der Waals surface area contributed by atoms with Gasteiger partial charge in [-0.3, -0.25) is 10.2 Å². The molecule has 1 N–H and O–H groups in total. The van der Waals surface area contributed by atoms with Crippen molar-refractivity contribution in [3.63, 3.8) is 0 Å². The molecule has 2 amide bonds. The van der Waals surface area contributed by atoms with Gasteiger partial charge in [-0.2, -0.15) is 23.4 Å². The van der Waals surface area contributed by atoms with Crippen molar-refractivity contribution in [2.45, 2.75) is 24.6 Å². The molecule has 0 aromatic carbocycles. The molecule has 1 fully saturated rings. The van der Waals surface area contributed by atoms with Crippen molar-refractivity contribution in [1.29, 1.82) is 0 Å². The van der Waals surface area contributed by atoms with Crippen LogP contribution in [0.2, 0.25) is 10.3 Å². The Morgan fingerprint density at radius 3 is 2.62 bits per heavy atom. The van der Waals surface area contributed by atoms with E-state index in [1.165, 1.54) is 18.3 Å². The molecule has 3 aromatic heterocycles. The number of nitrogens with zero attached hydrogens (tertiary/aromatic N) is 7. The number of halogens is 5. The minimum Gasteiger partial charge on any atom is -0.302 e. The summed E-state index contributed by atoms with van der Waals surface area (Å²) >= 11 is 12.1. The highest BCUT2D eigenvalue weighted by Gasteiger charge is 2.60. The van der Waals surface area contributed by atoms with Gasteiger partial charge in [0.1, 0.15) is 10.6 Å². The number of anilines is 2. The predicted octanol–water partition coefficient (Wildman–Crippen LogP) is 3.59. The van der Waals surface area contributed by atoms with E-state index in [0.717, 1.165) is 29.4 Å². The van der Waals surface area contributed by atoms with Gasteiger partial charge in [0, 0.05) is 31.8 Å². The minimum atomic E-state index is -4.66. The molecule has 32 heavy (non-hydrogen) atoms. The zero-order chi connectivity index (χ0) is 23.0. The standard InChI is InChI=1S/C18H17Cl2F3N8O/c1-17(18(21,22)23)8-29(10-5-24-14-3-11(19)26-31(14)15(10)17)16(32)25-13-4-12(20)30(27-13)9-6-28(2)7-9/h3-5,9H,6-8H2,1-2H3,(H,25,27,32)/t17-/m1/s1. The Labute approximate surface area is 189 Å². The SMILES string of the molecule is CN1CC(n2nc(NC(=O)N3C[C@@](C)(C(F)(F)F)c4c3cnc3cc(Cl)nn43)cc2Cl)C1. The van der Waals surface area contributed by atoms with Crippen molar-refractivity contribution < 1.29 is 18.0 Å². The maximum Gasteiger partial charge on any atom is 0.401 e. The summed E-state index contributed by atoms with van der Waals surface area (Å²) in [6.07, 6.45) is -3.44. The Balaban J connectivity index is 1.49. The fourth-order valence-corrected chi connectivity index (χ4v) is 4.63. The highest BCUT2D eigenvalue weighted by Crippen LogP contribution is 2.50. The van der Waals surface area contributed by atoms with Crippen molar-refractivity contribution in [3.05, 3.63) is 34.3 Å². The van der Waals surface area contributed by atoms with E-state index in [-0.39, 0.29) is 34.0 Å². The van der Waals surface area contributed by atoms with E-state index in [1.807, 2.05) is 7.05 Å². The van der Waals surface area contributed by atoms with E-state index >= 15 is 0 Å². The molecule has 0 saturated carbocycles. The van der Waals surface area contributed by atoms with Gasteiger partial charge in [-0.05, 0) is 14.0 Å². The largest absolute Gasteiger partial charge is 0.401 e. The van der Waals surface area contributed by atoms with E-state index in [2.05, 4.69) is 25.4 Å². The highest BCUT2D eigenvalue weighted by molar-refractivity contribution is 6.30. The lowest BCUT2D eigenvalue weighted by molar-refractivity contribution is -0.181. The summed E-state index contributed by atoms with van der Waals surface area (Å²) in [7, 11) is 1.96. The molecule has 0 spiro atoms. The third-order valence-electron chi connectivity index (χ3n) is 5.91. The smallest absolute Gasteiger partial charge is 0.302 e. The molecule has 5 rings (SSSR count). The van der Waals surface area contributed by atoms with Gasteiger partial charge < -0.3 is 4.90 Å². The first-order chi connectivity index (χ1) is 15.0. The number of likely N-dealkylation sites (N-methyl/N-ethyl adjacent to an activating group) is 1. The summed E-state index contributed by atoms with van der Waals surface area (Å²) in [5.41, 5.74) is -2.45. The van der Waals surface area contributed by atoms with Crippen molar-refractivity contribution in [1.82, 2.24) is 29.3 Å². The van der Waals surface area contributed by atoms with Crippen LogP contribution >= 0.6 is 23.2 Å². The molecule has 0 unspecified atom stereocenters. The lowest BCUT2D eigenvalue weighted by Gasteiger charge is -2.36. The number of fused-ring (bicyclic) bond motifs is 3. The van der Waals surface area contributed by atoms with Crippen LogP contribution in [-0.4, -0.2) is 68.2 Å². The first-order valence-electron chi connectivity index (χ1n) is 9.61. The van der Waals surface area contributed by atoms with Crippen LogP contribution in [0.3, 0.4) is 0 Å². The minimum absolute atomic E-state index is 0.000136. The Morgan fingerprint density at radius 2 is 1.97 bits per heavy atom. The number of amides is 2.